The van der Waals surface area contributed by atoms with Crippen molar-refractivity contribution in [2.24, 2.45) is 0 Å². The number of hydrogen-bond acceptors (Lipinski definition) is 2. The fraction of sp³-hybridized carbons (Fsp3) is 0.0909. The van der Waals surface area contributed by atoms with Crippen LogP contribution in [0, 0.1) is 0 Å². The lowest BCUT2D eigenvalue weighted by atomic mass is 9.99. The number of benzene rings is 3. The van der Waals surface area contributed by atoms with Crippen LogP contribution in [0.4, 0.5) is 0 Å². The summed E-state index contributed by atoms with van der Waals surface area (Å²) in [6, 6.07) is 28.1. The van der Waals surface area contributed by atoms with E-state index in [4.69, 9.17) is 0 Å². The Labute approximate surface area is 152 Å². The van der Waals surface area contributed by atoms with Gasteiger partial charge in [0, 0.05) is 5.56 Å². The summed E-state index contributed by atoms with van der Waals surface area (Å²) in [6.07, 6.45) is 0. The normalized spacial score (nSPS) is 10.3. The first-order chi connectivity index (χ1) is 12.7. The number of rotatable bonds is 6. The van der Waals surface area contributed by atoms with E-state index in [1.165, 1.54) is 0 Å². The number of nitrogens with one attached hydrogen (secondary N) is 2. The molecule has 26 heavy (non-hydrogen) atoms. The molecule has 3 rings (SSSR count). The van der Waals surface area contributed by atoms with Gasteiger partial charge in [-0.25, -0.2) is 0 Å². The average Bonchev–Trinajstić information content (AvgIpc) is 2.72. The molecule has 0 spiro atoms. The summed E-state index contributed by atoms with van der Waals surface area (Å²) < 4.78 is 0. The Hall–Kier alpha value is -3.40. The van der Waals surface area contributed by atoms with Gasteiger partial charge in [-0.3, -0.25) is 9.59 Å². The molecule has 0 heterocycles. The van der Waals surface area contributed by atoms with Gasteiger partial charge in [0.2, 0.25) is 5.91 Å². The van der Waals surface area contributed by atoms with Crippen LogP contribution in [-0.2, 0) is 4.79 Å². The predicted octanol–water partition coefficient (Wildman–Crippen LogP) is 3.32. The van der Waals surface area contributed by atoms with Crippen molar-refractivity contribution in [3.8, 4) is 0 Å². The van der Waals surface area contributed by atoms with Crippen LogP contribution in [0.25, 0.3) is 0 Å². The molecule has 0 radical (unpaired) electrons. The predicted molar refractivity (Wildman–Crippen MR) is 102 cm³/mol. The molecule has 0 aromatic heterocycles. The summed E-state index contributed by atoms with van der Waals surface area (Å²) in [5.41, 5.74) is 2.51. The van der Waals surface area contributed by atoms with Gasteiger partial charge in [-0.1, -0.05) is 78.9 Å². The van der Waals surface area contributed by atoms with E-state index in [9.17, 15) is 9.59 Å². The minimum atomic E-state index is -0.267. The average molecular weight is 344 g/mol. The Bertz CT molecular complexity index is 810. The number of hydrogen-bond donors (Lipinski definition) is 2. The van der Waals surface area contributed by atoms with Crippen LogP contribution in [0.15, 0.2) is 91.0 Å². The van der Waals surface area contributed by atoms with Crippen LogP contribution in [-0.4, -0.2) is 18.4 Å². The molecule has 3 aromatic carbocycles. The Morgan fingerprint density at radius 2 is 1.15 bits per heavy atom. The first kappa shape index (κ1) is 17.4. The van der Waals surface area contributed by atoms with E-state index >= 15 is 0 Å². The van der Waals surface area contributed by atoms with Gasteiger partial charge in [0.1, 0.15) is 0 Å². The second kappa shape index (κ2) is 8.62. The van der Waals surface area contributed by atoms with Gasteiger partial charge >= 0.3 is 0 Å². The molecule has 0 aliphatic rings. The molecule has 0 aliphatic carbocycles. The van der Waals surface area contributed by atoms with E-state index in [0.717, 1.165) is 11.1 Å². The highest BCUT2D eigenvalue weighted by molar-refractivity contribution is 5.96. The van der Waals surface area contributed by atoms with Gasteiger partial charge in [0.25, 0.3) is 5.91 Å². The lowest BCUT2D eigenvalue weighted by Crippen LogP contribution is -2.39. The summed E-state index contributed by atoms with van der Waals surface area (Å²) in [6.45, 7) is -0.0795. The largest absolute Gasteiger partial charge is 0.344 e. The third-order valence-electron chi connectivity index (χ3n) is 4.02. The van der Waals surface area contributed by atoms with Crippen molar-refractivity contribution >= 4 is 11.8 Å². The topological polar surface area (TPSA) is 58.2 Å². The summed E-state index contributed by atoms with van der Waals surface area (Å²) in [4.78, 5) is 24.5. The van der Waals surface area contributed by atoms with E-state index in [1.807, 2.05) is 66.7 Å². The first-order valence-corrected chi connectivity index (χ1v) is 8.46. The maximum atomic E-state index is 12.4. The molecule has 4 nitrogen and oxygen atoms in total. The first-order valence-electron chi connectivity index (χ1n) is 8.46. The van der Waals surface area contributed by atoms with Crippen LogP contribution in [0.5, 0.6) is 0 Å². The third-order valence-corrected chi connectivity index (χ3v) is 4.02. The lowest BCUT2D eigenvalue weighted by Gasteiger charge is -2.20. The van der Waals surface area contributed by atoms with Crippen LogP contribution in [0.1, 0.15) is 27.5 Å². The van der Waals surface area contributed by atoms with E-state index in [2.05, 4.69) is 10.6 Å². The van der Waals surface area contributed by atoms with Gasteiger partial charge < -0.3 is 10.6 Å². The van der Waals surface area contributed by atoms with E-state index in [-0.39, 0.29) is 24.4 Å². The summed E-state index contributed by atoms with van der Waals surface area (Å²) >= 11 is 0. The van der Waals surface area contributed by atoms with Gasteiger partial charge in [-0.05, 0) is 23.3 Å². The summed E-state index contributed by atoms with van der Waals surface area (Å²) in [5, 5.41) is 5.66. The highest BCUT2D eigenvalue weighted by Crippen LogP contribution is 2.21. The number of carbonyl (C=O) groups is 2. The lowest BCUT2D eigenvalue weighted by molar-refractivity contribution is -0.120. The fourth-order valence-electron chi connectivity index (χ4n) is 2.71. The highest BCUT2D eigenvalue weighted by Gasteiger charge is 2.17. The summed E-state index contributed by atoms with van der Waals surface area (Å²) in [5.74, 6) is -0.510. The Morgan fingerprint density at radius 1 is 0.692 bits per heavy atom. The Balaban J connectivity index is 1.67. The van der Waals surface area contributed by atoms with E-state index in [1.54, 1.807) is 24.3 Å². The van der Waals surface area contributed by atoms with E-state index in [0.29, 0.717) is 5.56 Å². The van der Waals surface area contributed by atoms with Crippen molar-refractivity contribution in [1.29, 1.82) is 0 Å². The third kappa shape index (κ3) is 4.57. The van der Waals surface area contributed by atoms with Gasteiger partial charge in [-0.2, -0.15) is 0 Å². The Kier molecular flexibility index (Phi) is 5.78. The zero-order valence-electron chi connectivity index (χ0n) is 14.3. The van der Waals surface area contributed by atoms with Crippen LogP contribution < -0.4 is 10.6 Å². The molecule has 2 amide bonds. The molecule has 130 valence electrons. The minimum absolute atomic E-state index is 0.0795. The molecule has 0 saturated heterocycles. The molecule has 0 bridgehead atoms. The molecule has 0 unspecified atom stereocenters. The van der Waals surface area contributed by atoms with Crippen LogP contribution in [0.2, 0.25) is 0 Å². The second-order valence-corrected chi connectivity index (χ2v) is 5.87. The molecule has 0 aliphatic heterocycles. The molecule has 0 atom stereocenters. The fourth-order valence-corrected chi connectivity index (χ4v) is 2.71. The van der Waals surface area contributed by atoms with Crippen molar-refractivity contribution in [3.05, 3.63) is 108 Å². The maximum Gasteiger partial charge on any atom is 0.251 e. The zero-order valence-corrected chi connectivity index (χ0v) is 14.3. The molecule has 0 fully saturated rings. The van der Waals surface area contributed by atoms with Crippen molar-refractivity contribution < 1.29 is 9.59 Å². The van der Waals surface area contributed by atoms with Crippen molar-refractivity contribution in [1.82, 2.24) is 10.6 Å². The van der Waals surface area contributed by atoms with Gasteiger partial charge in [-0.15, -0.1) is 0 Å². The van der Waals surface area contributed by atoms with Crippen molar-refractivity contribution in [2.75, 3.05) is 6.54 Å². The van der Waals surface area contributed by atoms with Crippen LogP contribution in [0.3, 0.4) is 0 Å². The highest BCUT2D eigenvalue weighted by atomic mass is 16.2. The zero-order chi connectivity index (χ0) is 18.2. The maximum absolute atomic E-state index is 12.4. The number of amides is 2. The van der Waals surface area contributed by atoms with Crippen molar-refractivity contribution in [3.63, 3.8) is 0 Å². The molecule has 0 saturated carbocycles. The second-order valence-electron chi connectivity index (χ2n) is 5.87. The summed E-state index contributed by atoms with van der Waals surface area (Å²) in [7, 11) is 0. The SMILES string of the molecule is O=C(CNC(=O)c1ccccc1)NC(c1ccccc1)c1ccccc1. The molecule has 3 aromatic rings. The van der Waals surface area contributed by atoms with Crippen LogP contribution >= 0.6 is 0 Å². The van der Waals surface area contributed by atoms with E-state index < -0.39 is 0 Å². The van der Waals surface area contributed by atoms with Crippen molar-refractivity contribution in [2.45, 2.75) is 6.04 Å². The molecular formula is C22H20N2O2. The Morgan fingerprint density at radius 3 is 1.65 bits per heavy atom. The molecule has 4 heteroatoms. The smallest absolute Gasteiger partial charge is 0.251 e. The quantitative estimate of drug-likeness (QED) is 0.721. The van der Waals surface area contributed by atoms with Gasteiger partial charge in [0.15, 0.2) is 0 Å². The minimum Gasteiger partial charge on any atom is -0.344 e. The standard InChI is InChI=1S/C22H20N2O2/c25-20(16-23-22(26)19-14-8-3-9-15-19)24-21(17-10-4-1-5-11-17)18-12-6-2-7-13-18/h1-15,21H,16H2,(H,23,26)(H,24,25). The molecular weight excluding hydrogens is 324 g/mol. The van der Waals surface area contributed by atoms with Gasteiger partial charge in [0.05, 0.1) is 12.6 Å². The number of carbonyl (C=O) groups excluding carboxylic acids is 2. The monoisotopic (exact) mass is 344 g/mol. The molecule has 2 N–H and O–H groups in total.